The van der Waals surface area contributed by atoms with Crippen LogP contribution in [-0.2, 0) is 0 Å². The largest absolute Gasteiger partial charge is 0.457 e. The van der Waals surface area contributed by atoms with Gasteiger partial charge in [0.1, 0.15) is 28.7 Å². The smallest absolute Gasteiger partial charge is 0.265 e. The molecule has 0 saturated carbocycles. The van der Waals surface area contributed by atoms with Crippen LogP contribution in [0.15, 0.2) is 134 Å². The van der Waals surface area contributed by atoms with Crippen molar-refractivity contribution in [2.75, 3.05) is 0 Å². The van der Waals surface area contributed by atoms with Gasteiger partial charge in [-0.2, -0.15) is 4.68 Å². The highest BCUT2D eigenvalue weighted by Crippen LogP contribution is 2.42. The molecule has 0 fully saturated rings. The van der Waals surface area contributed by atoms with Crippen LogP contribution in [0.3, 0.4) is 0 Å². The Balaban J connectivity index is 1.25. The van der Waals surface area contributed by atoms with Gasteiger partial charge >= 0.3 is 0 Å². The van der Waals surface area contributed by atoms with Crippen LogP contribution in [-0.4, -0.2) is 19.3 Å². The van der Waals surface area contributed by atoms with Crippen molar-refractivity contribution in [3.05, 3.63) is 162 Å². The number of nitrogens with zero attached hydrogens (tertiary/aromatic N) is 5. The molecule has 48 heavy (non-hydrogen) atoms. The van der Waals surface area contributed by atoms with Crippen LogP contribution in [0.1, 0.15) is 16.7 Å². The molecular formula is C42H31N5O. The molecule has 0 spiro atoms. The molecule has 8 rings (SSSR count). The van der Waals surface area contributed by atoms with Gasteiger partial charge in [0.15, 0.2) is 0 Å². The molecule has 0 amide bonds. The normalized spacial score (nSPS) is 11.2. The SMILES string of the molecule is [C-]#[N+]c1c(-c2ccc(C)cc2)c(-c2ccccc2)nn1-c1cc(C)cc(Oc2ccc3c4ccccc4n(-c4cc(C)ccn4)c3c2)c1. The van der Waals surface area contributed by atoms with Crippen LogP contribution in [0, 0.1) is 27.3 Å². The third-order valence-electron chi connectivity index (χ3n) is 8.65. The fourth-order valence-electron chi connectivity index (χ4n) is 6.43. The Morgan fingerprint density at radius 1 is 0.625 bits per heavy atom. The number of aryl methyl sites for hydroxylation is 3. The van der Waals surface area contributed by atoms with Crippen LogP contribution < -0.4 is 4.74 Å². The van der Waals surface area contributed by atoms with E-state index in [9.17, 15) is 0 Å². The first-order valence-corrected chi connectivity index (χ1v) is 15.9. The molecule has 6 heteroatoms. The Labute approximate surface area is 279 Å². The Bertz CT molecular complexity index is 2520. The monoisotopic (exact) mass is 621 g/mol. The first kappa shape index (κ1) is 29.0. The standard InChI is InChI=1S/C42H31N5O/c1-27-14-16-30(17-15-27)40-41(31-10-6-5-7-11-31)45-47(42(40)43-4)32-22-29(3)23-34(25-32)48-33-18-19-36-35-12-8-9-13-37(35)46(38(36)26-33)39-24-28(2)20-21-44-39/h5-26H,1-3H3. The lowest BCUT2D eigenvalue weighted by Crippen LogP contribution is -1.98. The lowest BCUT2D eigenvalue weighted by Gasteiger charge is -2.11. The quantitative estimate of drug-likeness (QED) is 0.174. The van der Waals surface area contributed by atoms with Gasteiger partial charge in [-0.25, -0.2) is 4.98 Å². The molecule has 0 saturated heterocycles. The highest BCUT2D eigenvalue weighted by Gasteiger charge is 2.24. The average Bonchev–Trinajstić information content (AvgIpc) is 3.65. The zero-order valence-electron chi connectivity index (χ0n) is 26.8. The van der Waals surface area contributed by atoms with Crippen LogP contribution in [0.5, 0.6) is 11.5 Å². The summed E-state index contributed by atoms with van der Waals surface area (Å²) in [7, 11) is 0. The van der Waals surface area contributed by atoms with Gasteiger partial charge in [-0.15, -0.1) is 0 Å². The van der Waals surface area contributed by atoms with Gasteiger partial charge < -0.3 is 9.58 Å². The third-order valence-corrected chi connectivity index (χ3v) is 8.65. The maximum Gasteiger partial charge on any atom is 0.265 e. The van der Waals surface area contributed by atoms with Gasteiger partial charge in [0.25, 0.3) is 5.82 Å². The summed E-state index contributed by atoms with van der Waals surface area (Å²) in [6, 6.07) is 43.0. The molecule has 0 radical (unpaired) electrons. The van der Waals surface area contributed by atoms with Crippen LogP contribution in [0.4, 0.5) is 5.82 Å². The first-order chi connectivity index (χ1) is 23.5. The Hall–Kier alpha value is -6.45. The van der Waals surface area contributed by atoms with Crippen molar-refractivity contribution < 1.29 is 4.74 Å². The lowest BCUT2D eigenvalue weighted by molar-refractivity contribution is 0.482. The fourth-order valence-corrected chi connectivity index (χ4v) is 6.43. The third kappa shape index (κ3) is 5.08. The number of aromatic nitrogens is 4. The lowest BCUT2D eigenvalue weighted by atomic mass is 10.00. The Morgan fingerprint density at radius 2 is 1.40 bits per heavy atom. The maximum atomic E-state index is 8.28. The summed E-state index contributed by atoms with van der Waals surface area (Å²) in [6.45, 7) is 14.4. The predicted octanol–water partition coefficient (Wildman–Crippen LogP) is 11.0. The van der Waals surface area contributed by atoms with E-state index < -0.39 is 0 Å². The summed E-state index contributed by atoms with van der Waals surface area (Å²) in [4.78, 5) is 8.75. The van der Waals surface area contributed by atoms with Gasteiger partial charge in [0.05, 0.1) is 11.0 Å². The van der Waals surface area contributed by atoms with E-state index in [1.54, 1.807) is 4.68 Å². The molecule has 3 heterocycles. The van der Waals surface area contributed by atoms with Crippen molar-refractivity contribution in [3.8, 4) is 45.4 Å². The number of hydrogen-bond acceptors (Lipinski definition) is 3. The topological polar surface area (TPSA) is 49.2 Å². The van der Waals surface area contributed by atoms with E-state index >= 15 is 0 Å². The van der Waals surface area contributed by atoms with E-state index in [0.717, 1.165) is 72.4 Å². The Kier molecular flexibility index (Phi) is 7.08. The summed E-state index contributed by atoms with van der Waals surface area (Å²) >= 11 is 0. The van der Waals surface area contributed by atoms with E-state index in [2.05, 4.69) is 90.0 Å². The van der Waals surface area contributed by atoms with Crippen molar-refractivity contribution in [1.29, 1.82) is 0 Å². The van der Waals surface area contributed by atoms with Gasteiger partial charge in [0.2, 0.25) is 0 Å². The van der Waals surface area contributed by atoms with E-state index in [1.807, 2.05) is 73.8 Å². The zero-order valence-corrected chi connectivity index (χ0v) is 26.8. The zero-order chi connectivity index (χ0) is 32.8. The number of ether oxygens (including phenoxy) is 1. The molecule has 0 atom stereocenters. The number of benzene rings is 5. The predicted molar refractivity (Wildman–Crippen MR) is 194 cm³/mol. The van der Waals surface area contributed by atoms with E-state index in [1.165, 1.54) is 0 Å². The summed E-state index contributed by atoms with van der Waals surface area (Å²) in [5, 5.41) is 7.35. The van der Waals surface area contributed by atoms with Crippen LogP contribution in [0.2, 0.25) is 0 Å². The number of rotatable bonds is 6. The van der Waals surface area contributed by atoms with Gasteiger partial charge in [-0.3, -0.25) is 4.57 Å². The molecule has 6 nitrogen and oxygen atoms in total. The average molecular weight is 622 g/mol. The van der Waals surface area contributed by atoms with Crippen LogP contribution >= 0.6 is 0 Å². The van der Waals surface area contributed by atoms with Crippen molar-refractivity contribution in [2.45, 2.75) is 20.8 Å². The molecule has 0 bridgehead atoms. The summed E-state index contributed by atoms with van der Waals surface area (Å²) in [5.74, 6) is 2.67. The number of para-hydroxylation sites is 1. The second kappa shape index (κ2) is 11.7. The molecular weight excluding hydrogens is 590 g/mol. The summed E-state index contributed by atoms with van der Waals surface area (Å²) in [5.41, 5.74) is 9.62. The molecule has 5 aromatic carbocycles. The molecule has 0 aliphatic carbocycles. The summed E-state index contributed by atoms with van der Waals surface area (Å²) in [6.07, 6.45) is 1.85. The molecule has 0 N–H and O–H groups in total. The minimum Gasteiger partial charge on any atom is -0.457 e. The number of hydrogen-bond donors (Lipinski definition) is 0. The molecule has 0 aliphatic heterocycles. The highest BCUT2D eigenvalue weighted by atomic mass is 16.5. The number of pyridine rings is 1. The van der Waals surface area contributed by atoms with E-state index in [0.29, 0.717) is 17.3 Å². The van der Waals surface area contributed by atoms with Crippen molar-refractivity contribution in [2.24, 2.45) is 0 Å². The molecule has 0 unspecified atom stereocenters. The van der Waals surface area contributed by atoms with Crippen molar-refractivity contribution in [3.63, 3.8) is 0 Å². The van der Waals surface area contributed by atoms with Gasteiger partial charge in [-0.1, -0.05) is 90.0 Å². The number of fused-ring (bicyclic) bond motifs is 3. The van der Waals surface area contributed by atoms with Gasteiger partial charge in [0, 0.05) is 40.2 Å². The molecule has 3 aromatic heterocycles. The Morgan fingerprint density at radius 3 is 2.19 bits per heavy atom. The molecule has 8 aromatic rings. The highest BCUT2D eigenvalue weighted by molar-refractivity contribution is 6.09. The second-order valence-electron chi connectivity index (χ2n) is 12.1. The van der Waals surface area contributed by atoms with Crippen molar-refractivity contribution >= 4 is 27.6 Å². The first-order valence-electron chi connectivity index (χ1n) is 15.9. The van der Waals surface area contributed by atoms with E-state index in [-0.39, 0.29) is 0 Å². The summed E-state index contributed by atoms with van der Waals surface area (Å²) < 4.78 is 10.5. The van der Waals surface area contributed by atoms with Gasteiger partial charge in [-0.05, 0) is 79.9 Å². The second-order valence-corrected chi connectivity index (χ2v) is 12.1. The molecule has 0 aliphatic rings. The minimum absolute atomic E-state index is 0.450. The van der Waals surface area contributed by atoms with Crippen molar-refractivity contribution in [1.82, 2.24) is 19.3 Å². The molecule has 230 valence electrons. The maximum absolute atomic E-state index is 8.28. The fraction of sp³-hybridized carbons (Fsp3) is 0.0714. The van der Waals surface area contributed by atoms with E-state index in [4.69, 9.17) is 21.4 Å². The minimum atomic E-state index is 0.450. The van der Waals surface area contributed by atoms with Crippen LogP contribution in [0.25, 0.3) is 60.5 Å².